The number of rotatable bonds is 3. The molecule has 2 aromatic rings. The molecule has 0 unspecified atom stereocenters. The van der Waals surface area contributed by atoms with Crippen molar-refractivity contribution in [3.05, 3.63) is 47.2 Å². The van der Waals surface area contributed by atoms with Gasteiger partial charge in [0.1, 0.15) is 11.8 Å². The van der Waals surface area contributed by atoms with Gasteiger partial charge >= 0.3 is 0 Å². The molecule has 0 amide bonds. The van der Waals surface area contributed by atoms with Crippen molar-refractivity contribution >= 4 is 23.0 Å². The van der Waals surface area contributed by atoms with E-state index in [9.17, 15) is 0 Å². The Labute approximate surface area is 110 Å². The summed E-state index contributed by atoms with van der Waals surface area (Å²) in [6.45, 7) is 0. The highest BCUT2D eigenvalue weighted by molar-refractivity contribution is 6.32. The molecule has 0 aliphatic rings. The van der Waals surface area contributed by atoms with Crippen LogP contribution in [0.5, 0.6) is 5.75 Å². The van der Waals surface area contributed by atoms with Gasteiger partial charge in [-0.05, 0) is 30.3 Å². The van der Waals surface area contributed by atoms with Crippen molar-refractivity contribution in [2.75, 3.05) is 12.4 Å². The molecule has 5 heteroatoms. The van der Waals surface area contributed by atoms with E-state index < -0.39 is 0 Å². The fourth-order valence-electron chi connectivity index (χ4n) is 1.49. The molecule has 0 saturated heterocycles. The smallest absolute Gasteiger partial charge is 0.163 e. The van der Waals surface area contributed by atoms with E-state index in [1.807, 2.05) is 12.1 Å². The fraction of sp³-hybridized carbons (Fsp3) is 0.0769. The summed E-state index contributed by atoms with van der Waals surface area (Å²) < 4.78 is 5.07. The second kappa shape index (κ2) is 5.39. The number of nitrogens with zero attached hydrogens (tertiary/aromatic N) is 2. The SMILES string of the molecule is COc1ccc(Nc2cccnc2C#N)cc1Cl. The zero-order valence-corrected chi connectivity index (χ0v) is 10.4. The predicted octanol–water partition coefficient (Wildman–Crippen LogP) is 3.36. The molecule has 0 aliphatic carbocycles. The van der Waals surface area contributed by atoms with Crippen LogP contribution in [0.2, 0.25) is 5.02 Å². The lowest BCUT2D eigenvalue weighted by molar-refractivity contribution is 0.415. The normalized spacial score (nSPS) is 9.61. The second-order valence-electron chi connectivity index (χ2n) is 3.49. The van der Waals surface area contributed by atoms with Gasteiger partial charge in [-0.25, -0.2) is 4.98 Å². The van der Waals surface area contributed by atoms with Gasteiger partial charge in [0.05, 0.1) is 17.8 Å². The highest BCUT2D eigenvalue weighted by Gasteiger charge is 2.05. The lowest BCUT2D eigenvalue weighted by Gasteiger charge is -2.09. The van der Waals surface area contributed by atoms with Crippen LogP contribution in [0.4, 0.5) is 11.4 Å². The monoisotopic (exact) mass is 259 g/mol. The van der Waals surface area contributed by atoms with Crippen LogP contribution in [0.25, 0.3) is 0 Å². The number of pyridine rings is 1. The van der Waals surface area contributed by atoms with E-state index in [1.54, 1.807) is 37.6 Å². The third-order valence-corrected chi connectivity index (χ3v) is 2.64. The molecular weight excluding hydrogens is 250 g/mol. The molecule has 1 aromatic carbocycles. The van der Waals surface area contributed by atoms with Crippen molar-refractivity contribution in [1.29, 1.82) is 5.26 Å². The number of benzene rings is 1. The molecule has 0 spiro atoms. The summed E-state index contributed by atoms with van der Waals surface area (Å²) in [6, 6.07) is 10.9. The summed E-state index contributed by atoms with van der Waals surface area (Å²) in [4.78, 5) is 3.97. The van der Waals surface area contributed by atoms with Crippen LogP contribution in [0.3, 0.4) is 0 Å². The molecule has 0 fully saturated rings. The maximum Gasteiger partial charge on any atom is 0.163 e. The Morgan fingerprint density at radius 3 is 2.89 bits per heavy atom. The molecule has 90 valence electrons. The largest absolute Gasteiger partial charge is 0.495 e. The summed E-state index contributed by atoms with van der Waals surface area (Å²) in [5.74, 6) is 0.605. The van der Waals surface area contributed by atoms with E-state index in [1.165, 1.54) is 0 Å². The molecule has 0 radical (unpaired) electrons. The maximum atomic E-state index is 8.93. The summed E-state index contributed by atoms with van der Waals surface area (Å²) in [5, 5.41) is 12.5. The first kappa shape index (κ1) is 12.2. The predicted molar refractivity (Wildman–Crippen MR) is 70.2 cm³/mol. The van der Waals surface area contributed by atoms with Crippen molar-refractivity contribution in [3.63, 3.8) is 0 Å². The minimum atomic E-state index is 0.337. The average molecular weight is 260 g/mol. The number of halogens is 1. The molecule has 2 rings (SSSR count). The van der Waals surface area contributed by atoms with Gasteiger partial charge in [-0.15, -0.1) is 0 Å². The number of anilines is 2. The minimum absolute atomic E-state index is 0.337. The number of nitrogens with one attached hydrogen (secondary N) is 1. The zero-order chi connectivity index (χ0) is 13.0. The van der Waals surface area contributed by atoms with Crippen LogP contribution in [-0.2, 0) is 0 Å². The number of hydrogen-bond donors (Lipinski definition) is 1. The van der Waals surface area contributed by atoms with Gasteiger partial charge in [0.2, 0.25) is 0 Å². The summed E-state index contributed by atoms with van der Waals surface area (Å²) >= 11 is 6.02. The van der Waals surface area contributed by atoms with Crippen molar-refractivity contribution in [2.24, 2.45) is 0 Å². The fourth-order valence-corrected chi connectivity index (χ4v) is 1.75. The van der Waals surface area contributed by atoms with Crippen molar-refractivity contribution in [2.45, 2.75) is 0 Å². The third-order valence-electron chi connectivity index (χ3n) is 2.34. The molecule has 1 aromatic heterocycles. The van der Waals surface area contributed by atoms with Crippen LogP contribution in [0.1, 0.15) is 5.69 Å². The van der Waals surface area contributed by atoms with Gasteiger partial charge in [-0.3, -0.25) is 0 Å². The summed E-state index contributed by atoms with van der Waals surface area (Å²) in [5.41, 5.74) is 1.75. The first-order valence-corrected chi connectivity index (χ1v) is 5.58. The van der Waals surface area contributed by atoms with E-state index in [4.69, 9.17) is 21.6 Å². The standard InChI is InChI=1S/C13H10ClN3O/c1-18-13-5-4-9(7-10(13)14)17-11-3-2-6-16-12(11)8-15/h2-7,17H,1H3. The van der Waals surface area contributed by atoms with Gasteiger partial charge in [0, 0.05) is 11.9 Å². The molecule has 18 heavy (non-hydrogen) atoms. The topological polar surface area (TPSA) is 57.9 Å². The van der Waals surface area contributed by atoms with E-state index in [2.05, 4.69) is 10.3 Å². The molecule has 4 nitrogen and oxygen atoms in total. The Balaban J connectivity index is 2.29. The molecule has 1 N–H and O–H groups in total. The van der Waals surface area contributed by atoms with Crippen molar-refractivity contribution in [3.8, 4) is 11.8 Å². The van der Waals surface area contributed by atoms with Crippen LogP contribution >= 0.6 is 11.6 Å². The lowest BCUT2D eigenvalue weighted by atomic mass is 10.2. The number of aromatic nitrogens is 1. The zero-order valence-electron chi connectivity index (χ0n) is 9.64. The molecule has 0 saturated carbocycles. The van der Waals surface area contributed by atoms with Crippen LogP contribution < -0.4 is 10.1 Å². The van der Waals surface area contributed by atoms with E-state index in [0.29, 0.717) is 22.2 Å². The molecular formula is C13H10ClN3O. The second-order valence-corrected chi connectivity index (χ2v) is 3.89. The van der Waals surface area contributed by atoms with Gasteiger partial charge in [0.25, 0.3) is 0 Å². The third kappa shape index (κ3) is 2.53. The molecule has 1 heterocycles. The number of hydrogen-bond acceptors (Lipinski definition) is 4. The van der Waals surface area contributed by atoms with Gasteiger partial charge in [-0.1, -0.05) is 11.6 Å². The Hall–Kier alpha value is -2.25. The Kier molecular flexibility index (Phi) is 3.66. The summed E-state index contributed by atoms with van der Waals surface area (Å²) in [6.07, 6.45) is 1.57. The lowest BCUT2D eigenvalue weighted by Crippen LogP contribution is -1.95. The van der Waals surface area contributed by atoms with Gasteiger partial charge in [0.15, 0.2) is 5.69 Å². The Bertz CT molecular complexity index is 607. The molecule has 0 bridgehead atoms. The van der Waals surface area contributed by atoms with Crippen LogP contribution in [0.15, 0.2) is 36.5 Å². The Morgan fingerprint density at radius 2 is 2.22 bits per heavy atom. The van der Waals surface area contributed by atoms with Gasteiger partial charge in [-0.2, -0.15) is 5.26 Å². The van der Waals surface area contributed by atoms with Crippen LogP contribution in [-0.4, -0.2) is 12.1 Å². The number of methoxy groups -OCH3 is 1. The molecule has 0 aliphatic heterocycles. The first-order valence-electron chi connectivity index (χ1n) is 5.20. The van der Waals surface area contributed by atoms with Crippen LogP contribution in [0, 0.1) is 11.3 Å². The maximum absolute atomic E-state index is 8.93. The minimum Gasteiger partial charge on any atom is -0.495 e. The van der Waals surface area contributed by atoms with Crippen molar-refractivity contribution in [1.82, 2.24) is 4.98 Å². The Morgan fingerprint density at radius 1 is 1.39 bits per heavy atom. The van der Waals surface area contributed by atoms with E-state index >= 15 is 0 Å². The quantitative estimate of drug-likeness (QED) is 0.918. The highest BCUT2D eigenvalue weighted by Crippen LogP contribution is 2.29. The summed E-state index contributed by atoms with van der Waals surface area (Å²) in [7, 11) is 1.56. The van der Waals surface area contributed by atoms with E-state index in [0.717, 1.165) is 5.69 Å². The number of nitriles is 1. The van der Waals surface area contributed by atoms with Gasteiger partial charge < -0.3 is 10.1 Å². The average Bonchev–Trinajstić information content (AvgIpc) is 2.39. The highest BCUT2D eigenvalue weighted by atomic mass is 35.5. The van der Waals surface area contributed by atoms with E-state index in [-0.39, 0.29) is 0 Å². The molecule has 0 atom stereocenters. The van der Waals surface area contributed by atoms with Crippen molar-refractivity contribution < 1.29 is 4.74 Å². The number of ether oxygens (including phenoxy) is 1. The first-order chi connectivity index (χ1) is 8.74.